The number of carboxylic acid groups (broad SMARTS) is 1. The highest BCUT2D eigenvalue weighted by Gasteiger charge is 2.41. The van der Waals surface area contributed by atoms with Gasteiger partial charge >= 0.3 is 12.1 Å². The van der Waals surface area contributed by atoms with Gasteiger partial charge in [-0.2, -0.15) is 18.3 Å². The largest absolute Gasteiger partial charge is 0.505 e. The number of phenols is 1. The van der Waals surface area contributed by atoms with E-state index in [1.54, 1.807) is 36.4 Å². The number of nitrogens with one attached hydrogen (secondary N) is 1. The Balaban J connectivity index is 1.59. The molecule has 1 aliphatic rings. The first-order valence-electron chi connectivity index (χ1n) is 12.2. The molecular formula is C30H21ClF3N3O4. The molecule has 1 amide bonds. The van der Waals surface area contributed by atoms with Crippen molar-refractivity contribution >= 4 is 46.3 Å². The second kappa shape index (κ2) is 10.3. The SMILES string of the molecule is Cc1ccc(N2C(=O)/C(=N\Nc3cccc(-c4cccc(C(=O)O)c4)c3O)c3cc(Cl)c(C(F)(F)F)cc32)cc1C. The van der Waals surface area contributed by atoms with E-state index in [9.17, 15) is 33.0 Å². The van der Waals surface area contributed by atoms with Crippen LogP contribution in [-0.4, -0.2) is 27.8 Å². The zero-order valence-corrected chi connectivity index (χ0v) is 22.3. The summed E-state index contributed by atoms with van der Waals surface area (Å²) in [4.78, 5) is 26.2. The summed E-state index contributed by atoms with van der Waals surface area (Å²) in [6, 6.07) is 17.5. The minimum atomic E-state index is -4.76. The lowest BCUT2D eigenvalue weighted by Gasteiger charge is -2.19. The van der Waals surface area contributed by atoms with E-state index in [1.165, 1.54) is 24.3 Å². The number of rotatable bonds is 5. The first kappa shape index (κ1) is 27.7. The molecule has 11 heteroatoms. The van der Waals surface area contributed by atoms with Crippen LogP contribution < -0.4 is 10.3 Å². The average molecular weight is 580 g/mol. The normalized spacial score (nSPS) is 14.0. The minimum Gasteiger partial charge on any atom is -0.505 e. The molecule has 5 rings (SSSR count). The highest BCUT2D eigenvalue weighted by atomic mass is 35.5. The molecule has 208 valence electrons. The van der Waals surface area contributed by atoms with Gasteiger partial charge in [0.15, 0.2) is 5.71 Å². The summed E-state index contributed by atoms with van der Waals surface area (Å²) in [6.45, 7) is 3.69. The molecule has 7 nitrogen and oxygen atoms in total. The van der Waals surface area contributed by atoms with E-state index in [0.717, 1.165) is 28.2 Å². The molecule has 0 unspecified atom stereocenters. The number of benzene rings is 4. The second-order valence-electron chi connectivity index (χ2n) is 9.42. The van der Waals surface area contributed by atoms with E-state index in [4.69, 9.17) is 11.6 Å². The number of carbonyl (C=O) groups excluding carboxylic acids is 1. The number of hydrazone groups is 1. The highest BCUT2D eigenvalue weighted by Crippen LogP contribution is 2.44. The van der Waals surface area contributed by atoms with Crippen molar-refractivity contribution in [3.63, 3.8) is 0 Å². The van der Waals surface area contributed by atoms with Crippen LogP contribution in [0.4, 0.5) is 30.2 Å². The molecule has 4 aromatic rings. The van der Waals surface area contributed by atoms with Gasteiger partial charge in [-0.3, -0.25) is 15.1 Å². The van der Waals surface area contributed by atoms with Crippen molar-refractivity contribution in [1.82, 2.24) is 0 Å². The summed E-state index contributed by atoms with van der Waals surface area (Å²) >= 11 is 6.00. The Morgan fingerprint density at radius 3 is 2.37 bits per heavy atom. The Kier molecular flexibility index (Phi) is 6.96. The first-order chi connectivity index (χ1) is 19.4. The van der Waals surface area contributed by atoms with Gasteiger partial charge < -0.3 is 10.2 Å². The number of aryl methyl sites for hydroxylation is 2. The predicted molar refractivity (Wildman–Crippen MR) is 150 cm³/mol. The molecule has 1 aliphatic heterocycles. The highest BCUT2D eigenvalue weighted by molar-refractivity contribution is 6.56. The fourth-order valence-electron chi connectivity index (χ4n) is 4.52. The molecule has 0 aliphatic carbocycles. The van der Waals surface area contributed by atoms with Crippen LogP contribution in [0.1, 0.15) is 32.6 Å². The number of para-hydroxylation sites is 1. The van der Waals surface area contributed by atoms with Crippen LogP contribution in [0.3, 0.4) is 0 Å². The zero-order valence-electron chi connectivity index (χ0n) is 21.5. The summed E-state index contributed by atoms with van der Waals surface area (Å²) in [5, 5.41) is 23.8. The summed E-state index contributed by atoms with van der Waals surface area (Å²) in [6.07, 6.45) is -4.76. The van der Waals surface area contributed by atoms with Gasteiger partial charge in [-0.15, -0.1) is 0 Å². The topological polar surface area (TPSA) is 102 Å². The van der Waals surface area contributed by atoms with Gasteiger partial charge in [0.25, 0.3) is 5.91 Å². The standard InChI is InChI=1S/C30H21ClF3N3O4/c1-15-9-10-19(11-16(15)2)37-25-14-22(30(32,33)34)23(31)13-21(25)26(28(37)39)36-35-24-8-4-7-20(27(24)38)17-5-3-6-18(12-17)29(40)41/h3-14,35,38H,1-2H3,(H,40,41)/b36-26-. The summed E-state index contributed by atoms with van der Waals surface area (Å²) < 4.78 is 41.2. The van der Waals surface area contributed by atoms with Crippen molar-refractivity contribution in [1.29, 1.82) is 0 Å². The van der Waals surface area contributed by atoms with E-state index in [2.05, 4.69) is 10.5 Å². The second-order valence-corrected chi connectivity index (χ2v) is 9.82. The molecule has 3 N–H and O–H groups in total. The van der Waals surface area contributed by atoms with Gasteiger partial charge in [0.05, 0.1) is 27.5 Å². The number of carboxylic acids is 1. The Bertz CT molecular complexity index is 1770. The molecule has 0 saturated carbocycles. The average Bonchev–Trinajstić information content (AvgIpc) is 3.18. The number of carbonyl (C=O) groups is 2. The number of aromatic hydroxyl groups is 1. The van der Waals surface area contributed by atoms with Crippen LogP contribution in [0.15, 0.2) is 77.9 Å². The minimum absolute atomic E-state index is 0.0233. The summed E-state index contributed by atoms with van der Waals surface area (Å²) in [5.74, 6) is -2.11. The Labute approximate surface area is 237 Å². The van der Waals surface area contributed by atoms with E-state index < -0.39 is 28.6 Å². The number of nitrogens with zero attached hydrogens (tertiary/aromatic N) is 2. The van der Waals surface area contributed by atoms with Gasteiger partial charge in [-0.05, 0) is 73.0 Å². The number of amides is 1. The number of fused-ring (bicyclic) bond motifs is 1. The molecule has 0 spiro atoms. The van der Waals surface area contributed by atoms with Crippen LogP contribution in [0.2, 0.25) is 5.02 Å². The summed E-state index contributed by atoms with van der Waals surface area (Å²) in [5.41, 5.74) is 4.30. The van der Waals surface area contributed by atoms with Crippen molar-refractivity contribution in [2.24, 2.45) is 5.10 Å². The fraction of sp³-hybridized carbons (Fsp3) is 0.100. The summed E-state index contributed by atoms with van der Waals surface area (Å²) in [7, 11) is 0. The first-order valence-corrected chi connectivity index (χ1v) is 12.6. The molecule has 0 aromatic heterocycles. The third kappa shape index (κ3) is 5.09. The van der Waals surface area contributed by atoms with E-state index in [-0.39, 0.29) is 34.0 Å². The van der Waals surface area contributed by atoms with Gasteiger partial charge in [0.2, 0.25) is 0 Å². The van der Waals surface area contributed by atoms with E-state index in [1.807, 2.05) is 13.8 Å². The van der Waals surface area contributed by atoms with E-state index in [0.29, 0.717) is 16.8 Å². The quantitative estimate of drug-likeness (QED) is 0.167. The number of alkyl halides is 3. The maximum absolute atomic E-state index is 13.7. The third-order valence-corrected chi connectivity index (χ3v) is 7.10. The molecule has 0 fully saturated rings. The number of anilines is 3. The van der Waals surface area contributed by atoms with Crippen molar-refractivity contribution in [2.75, 3.05) is 10.3 Å². The monoisotopic (exact) mass is 579 g/mol. The number of halogens is 4. The molecule has 0 radical (unpaired) electrons. The molecule has 41 heavy (non-hydrogen) atoms. The van der Waals surface area contributed by atoms with Gasteiger partial charge in [0, 0.05) is 16.8 Å². The molecular weight excluding hydrogens is 559 g/mol. The smallest absolute Gasteiger partial charge is 0.417 e. The molecule has 1 heterocycles. The van der Waals surface area contributed by atoms with Crippen molar-refractivity contribution in [2.45, 2.75) is 20.0 Å². The van der Waals surface area contributed by atoms with Crippen LogP contribution in [0, 0.1) is 13.8 Å². The molecule has 0 saturated heterocycles. The molecule has 0 atom stereocenters. The van der Waals surface area contributed by atoms with Crippen molar-refractivity contribution in [3.05, 3.63) is 106 Å². The lowest BCUT2D eigenvalue weighted by molar-refractivity contribution is -0.137. The maximum Gasteiger partial charge on any atom is 0.417 e. The lowest BCUT2D eigenvalue weighted by atomic mass is 10.0. The Hall–Kier alpha value is -4.83. The van der Waals surface area contributed by atoms with Crippen LogP contribution in [0.25, 0.3) is 11.1 Å². The zero-order chi connectivity index (χ0) is 29.6. The van der Waals surface area contributed by atoms with Crippen LogP contribution >= 0.6 is 11.6 Å². The molecule has 0 bridgehead atoms. The number of hydrogen-bond acceptors (Lipinski definition) is 5. The number of aromatic carboxylic acids is 1. The number of phenolic OH excluding ortho intramolecular Hbond substituents is 1. The Morgan fingerprint density at radius 1 is 0.951 bits per heavy atom. The maximum atomic E-state index is 13.7. The van der Waals surface area contributed by atoms with Gasteiger partial charge in [-0.1, -0.05) is 41.9 Å². The number of hydrogen-bond donors (Lipinski definition) is 3. The van der Waals surface area contributed by atoms with E-state index >= 15 is 0 Å². The molecule has 4 aromatic carbocycles. The third-order valence-electron chi connectivity index (χ3n) is 6.79. The van der Waals surface area contributed by atoms with Crippen LogP contribution in [0.5, 0.6) is 5.75 Å². The van der Waals surface area contributed by atoms with Crippen LogP contribution in [-0.2, 0) is 11.0 Å². The van der Waals surface area contributed by atoms with Crippen molar-refractivity contribution < 1.29 is 33.0 Å². The fourth-order valence-corrected chi connectivity index (χ4v) is 4.79. The van der Waals surface area contributed by atoms with Gasteiger partial charge in [-0.25, -0.2) is 4.79 Å². The Morgan fingerprint density at radius 2 is 1.68 bits per heavy atom. The van der Waals surface area contributed by atoms with Crippen molar-refractivity contribution in [3.8, 4) is 16.9 Å². The lowest BCUT2D eigenvalue weighted by Crippen LogP contribution is -2.26. The van der Waals surface area contributed by atoms with Gasteiger partial charge in [0.1, 0.15) is 5.75 Å². The predicted octanol–water partition coefficient (Wildman–Crippen LogP) is 7.54.